The second-order valence-corrected chi connectivity index (χ2v) is 9.09. The summed E-state index contributed by atoms with van der Waals surface area (Å²) in [7, 11) is 0. The van der Waals surface area contributed by atoms with Crippen LogP contribution < -0.4 is 11.5 Å². The van der Waals surface area contributed by atoms with Gasteiger partial charge in [-0.2, -0.15) is 0 Å². The number of nitrogens with two attached hydrogens (primary N) is 2. The van der Waals surface area contributed by atoms with Crippen LogP contribution in [0.25, 0.3) is 22.3 Å². The summed E-state index contributed by atoms with van der Waals surface area (Å²) in [6.45, 7) is 0. The minimum Gasteiger partial charge on any atom is -0.606 e. The van der Waals surface area contributed by atoms with Crippen LogP contribution in [0.2, 0.25) is 10.0 Å². The molecule has 4 aromatic rings. The summed E-state index contributed by atoms with van der Waals surface area (Å²) in [4.78, 5) is 1.40. The molecule has 0 aliphatic carbocycles. The Balaban J connectivity index is 1.58. The summed E-state index contributed by atoms with van der Waals surface area (Å²) in [5.41, 5.74) is 16.5. The molecule has 0 aliphatic rings. The smallest absolute Gasteiger partial charge is 0.158 e. The predicted octanol–water partition coefficient (Wildman–Crippen LogP) is 6.66. The van der Waals surface area contributed by atoms with Gasteiger partial charge in [-0.05, 0) is 96.1 Å². The molecule has 3 nitrogen and oxygen atoms in total. The van der Waals surface area contributed by atoms with Gasteiger partial charge in [-0.15, -0.1) is 0 Å². The summed E-state index contributed by atoms with van der Waals surface area (Å²) >= 11 is 11.3. The number of nitrogen functional groups attached to an aromatic ring is 2. The van der Waals surface area contributed by atoms with Crippen molar-refractivity contribution in [3.63, 3.8) is 0 Å². The highest BCUT2D eigenvalue weighted by atomic mass is 35.5. The molecular formula is C24H18Cl2N2OS. The molecule has 30 heavy (non-hydrogen) atoms. The second-order valence-electron chi connectivity index (χ2n) is 6.80. The van der Waals surface area contributed by atoms with Gasteiger partial charge in [0.2, 0.25) is 0 Å². The van der Waals surface area contributed by atoms with Crippen molar-refractivity contribution in [2.24, 2.45) is 0 Å². The molecule has 4 aromatic carbocycles. The highest BCUT2D eigenvalue weighted by molar-refractivity contribution is 7.91. The van der Waals surface area contributed by atoms with E-state index >= 15 is 0 Å². The maximum absolute atomic E-state index is 13.0. The third-order valence-corrected chi connectivity index (χ3v) is 6.80. The molecule has 0 saturated carbocycles. The van der Waals surface area contributed by atoms with Gasteiger partial charge in [-0.1, -0.05) is 23.2 Å². The Bertz CT molecular complexity index is 1100. The molecule has 150 valence electrons. The van der Waals surface area contributed by atoms with Crippen LogP contribution in [0.15, 0.2) is 94.7 Å². The average molecular weight is 453 g/mol. The lowest BCUT2D eigenvalue weighted by Crippen LogP contribution is -2.02. The molecular weight excluding hydrogens is 435 g/mol. The largest absolute Gasteiger partial charge is 0.606 e. The summed E-state index contributed by atoms with van der Waals surface area (Å²) < 4.78 is 13.0. The van der Waals surface area contributed by atoms with Crippen molar-refractivity contribution < 1.29 is 4.55 Å². The lowest BCUT2D eigenvalue weighted by atomic mass is 10.1. The van der Waals surface area contributed by atoms with E-state index in [1.54, 1.807) is 24.3 Å². The molecule has 0 saturated heterocycles. The number of benzene rings is 4. The van der Waals surface area contributed by atoms with Crippen molar-refractivity contribution in [1.82, 2.24) is 0 Å². The summed E-state index contributed by atoms with van der Waals surface area (Å²) in [6, 6.07) is 25.7. The molecule has 6 heteroatoms. The van der Waals surface area contributed by atoms with Gasteiger partial charge in [0, 0.05) is 43.7 Å². The fourth-order valence-corrected chi connectivity index (χ4v) is 4.67. The van der Waals surface area contributed by atoms with Crippen LogP contribution in [0, 0.1) is 0 Å². The molecule has 0 amide bonds. The molecule has 4 N–H and O–H groups in total. The SMILES string of the molecule is Nc1ccc(Cl)c(-c2ccc([S+]([O-])c3ccc(-c4cc(N)ccc4Cl)cc3)cc2)c1. The van der Waals surface area contributed by atoms with E-state index in [-0.39, 0.29) is 0 Å². The fraction of sp³-hybridized carbons (Fsp3) is 0. The van der Waals surface area contributed by atoms with Gasteiger partial charge in [0.05, 0.1) is 0 Å². The van der Waals surface area contributed by atoms with Crippen molar-refractivity contribution in [3.05, 3.63) is 95.0 Å². The molecule has 0 atom stereocenters. The number of halogens is 2. The zero-order valence-electron chi connectivity index (χ0n) is 15.8. The fourth-order valence-electron chi connectivity index (χ4n) is 3.18. The maximum Gasteiger partial charge on any atom is 0.158 e. The van der Waals surface area contributed by atoms with Gasteiger partial charge in [-0.3, -0.25) is 0 Å². The van der Waals surface area contributed by atoms with Gasteiger partial charge in [0.15, 0.2) is 9.79 Å². The average Bonchev–Trinajstić information content (AvgIpc) is 2.77. The monoisotopic (exact) mass is 452 g/mol. The van der Waals surface area contributed by atoms with Crippen LogP contribution in [0.1, 0.15) is 0 Å². The third-order valence-electron chi connectivity index (χ3n) is 4.74. The zero-order chi connectivity index (χ0) is 21.3. The zero-order valence-corrected chi connectivity index (χ0v) is 18.1. The maximum atomic E-state index is 13.0. The summed E-state index contributed by atoms with van der Waals surface area (Å²) in [5.74, 6) is 0. The Labute approximate surface area is 188 Å². The Morgan fingerprint density at radius 3 is 1.30 bits per heavy atom. The van der Waals surface area contributed by atoms with E-state index in [1.807, 2.05) is 60.7 Å². The standard InChI is InChI=1S/C24H18Cl2N2OS/c25-23-11-5-17(27)13-21(23)15-1-7-19(8-2-15)30(29)20-9-3-16(4-10-20)22-14-18(28)6-12-24(22)26/h1-14H,27-28H2. The van der Waals surface area contributed by atoms with Gasteiger partial charge in [0.25, 0.3) is 0 Å². The molecule has 0 aliphatic heterocycles. The molecule has 0 bridgehead atoms. The normalized spacial score (nSPS) is 11.1. The van der Waals surface area contributed by atoms with Crippen LogP contribution in [-0.4, -0.2) is 4.55 Å². The Hall–Kier alpha value is -2.63. The second kappa shape index (κ2) is 8.62. The van der Waals surface area contributed by atoms with Gasteiger partial charge < -0.3 is 16.0 Å². The van der Waals surface area contributed by atoms with Gasteiger partial charge in [0.1, 0.15) is 0 Å². The van der Waals surface area contributed by atoms with E-state index < -0.39 is 11.2 Å². The van der Waals surface area contributed by atoms with Crippen LogP contribution in [0.4, 0.5) is 11.4 Å². The number of hydrogen-bond donors (Lipinski definition) is 2. The van der Waals surface area contributed by atoms with E-state index in [9.17, 15) is 4.55 Å². The lowest BCUT2D eigenvalue weighted by Gasteiger charge is -2.12. The van der Waals surface area contributed by atoms with E-state index in [1.165, 1.54) is 0 Å². The topological polar surface area (TPSA) is 75.1 Å². The first-order chi connectivity index (χ1) is 14.4. The van der Waals surface area contributed by atoms with E-state index in [4.69, 9.17) is 34.7 Å². The number of hydrogen-bond acceptors (Lipinski definition) is 3. The first-order valence-corrected chi connectivity index (χ1v) is 11.1. The highest BCUT2D eigenvalue weighted by Gasteiger charge is 2.16. The minimum atomic E-state index is -1.31. The van der Waals surface area contributed by atoms with E-state index in [0.717, 1.165) is 22.3 Å². The highest BCUT2D eigenvalue weighted by Crippen LogP contribution is 2.33. The van der Waals surface area contributed by atoms with Crippen molar-refractivity contribution in [2.45, 2.75) is 9.79 Å². The molecule has 0 unspecified atom stereocenters. The lowest BCUT2D eigenvalue weighted by molar-refractivity contribution is 0.595. The summed E-state index contributed by atoms with van der Waals surface area (Å²) in [5, 5.41) is 1.24. The number of anilines is 2. The Morgan fingerprint density at radius 2 is 0.933 bits per heavy atom. The van der Waals surface area contributed by atoms with Crippen LogP contribution in [0.5, 0.6) is 0 Å². The molecule has 0 heterocycles. The Kier molecular flexibility index (Phi) is 5.93. The van der Waals surface area contributed by atoms with Crippen LogP contribution in [0.3, 0.4) is 0 Å². The van der Waals surface area contributed by atoms with Crippen molar-refractivity contribution >= 4 is 45.8 Å². The molecule has 4 rings (SSSR count). The quantitative estimate of drug-likeness (QED) is 0.268. The van der Waals surface area contributed by atoms with Crippen molar-refractivity contribution in [2.75, 3.05) is 11.5 Å². The first kappa shape index (κ1) is 20.6. The molecule has 0 aromatic heterocycles. The molecule has 0 radical (unpaired) electrons. The van der Waals surface area contributed by atoms with Crippen molar-refractivity contribution in [1.29, 1.82) is 0 Å². The first-order valence-electron chi connectivity index (χ1n) is 9.15. The van der Waals surface area contributed by atoms with Crippen molar-refractivity contribution in [3.8, 4) is 22.3 Å². The van der Waals surface area contributed by atoms with E-state index in [0.29, 0.717) is 31.2 Å². The summed E-state index contributed by atoms with van der Waals surface area (Å²) in [6.07, 6.45) is 0. The molecule has 0 spiro atoms. The number of rotatable bonds is 4. The predicted molar refractivity (Wildman–Crippen MR) is 127 cm³/mol. The Morgan fingerprint density at radius 1 is 0.567 bits per heavy atom. The van der Waals surface area contributed by atoms with E-state index in [2.05, 4.69) is 0 Å². The van der Waals surface area contributed by atoms with Crippen LogP contribution >= 0.6 is 23.2 Å². The van der Waals surface area contributed by atoms with Crippen LogP contribution in [-0.2, 0) is 11.2 Å². The third kappa shape index (κ3) is 4.27. The van der Waals surface area contributed by atoms with Gasteiger partial charge >= 0.3 is 0 Å². The minimum absolute atomic E-state index is 0.619. The van der Waals surface area contributed by atoms with Gasteiger partial charge in [-0.25, -0.2) is 0 Å². The molecule has 0 fully saturated rings.